The molecule has 0 radical (unpaired) electrons. The number of rotatable bonds is 7. The maximum absolute atomic E-state index is 11.1. The van der Waals surface area contributed by atoms with E-state index in [9.17, 15) is 14.9 Å². The maximum Gasteiger partial charge on any atom is 0.313 e. The average molecular weight is 334 g/mol. The van der Waals surface area contributed by atoms with Crippen LogP contribution in [0.1, 0.15) is 5.56 Å². The fraction of sp³-hybridized carbons (Fsp3) is 0.214. The summed E-state index contributed by atoms with van der Waals surface area (Å²) in [4.78, 5) is 21.3. The number of allylic oxidation sites excluding steroid dienone is 1. The van der Waals surface area contributed by atoms with Gasteiger partial charge >= 0.3 is 5.97 Å². The highest BCUT2D eigenvalue weighted by molar-refractivity contribution is 7.99. The van der Waals surface area contributed by atoms with E-state index >= 15 is 0 Å². The van der Waals surface area contributed by atoms with Gasteiger partial charge in [-0.05, 0) is 6.92 Å². The first kappa shape index (κ1) is 16.7. The summed E-state index contributed by atoms with van der Waals surface area (Å²) in [5.41, 5.74) is 1.05. The summed E-state index contributed by atoms with van der Waals surface area (Å²) in [6.45, 7) is 5.68. The molecule has 0 amide bonds. The first-order valence-electron chi connectivity index (χ1n) is 6.58. The van der Waals surface area contributed by atoms with Crippen molar-refractivity contribution in [1.29, 1.82) is 0 Å². The van der Waals surface area contributed by atoms with Gasteiger partial charge in [-0.1, -0.05) is 30.0 Å². The van der Waals surface area contributed by atoms with Gasteiger partial charge < -0.3 is 5.11 Å². The highest BCUT2D eigenvalue weighted by Crippen LogP contribution is 2.30. The van der Waals surface area contributed by atoms with Gasteiger partial charge in [-0.2, -0.15) is 0 Å². The van der Waals surface area contributed by atoms with Crippen LogP contribution >= 0.6 is 11.8 Å². The van der Waals surface area contributed by atoms with Crippen LogP contribution in [-0.4, -0.2) is 36.5 Å². The zero-order chi connectivity index (χ0) is 17.0. The molecule has 1 aromatic carbocycles. The molecule has 23 heavy (non-hydrogen) atoms. The number of benzene rings is 1. The second-order valence-corrected chi connectivity index (χ2v) is 5.54. The van der Waals surface area contributed by atoms with E-state index in [0.717, 1.165) is 11.8 Å². The average Bonchev–Trinajstić information content (AvgIpc) is 2.88. The molecule has 2 aromatic rings. The van der Waals surface area contributed by atoms with E-state index < -0.39 is 10.9 Å². The highest BCUT2D eigenvalue weighted by Gasteiger charge is 2.20. The molecule has 1 heterocycles. The molecular formula is C14H14N4O4S. The summed E-state index contributed by atoms with van der Waals surface area (Å²) < 4.78 is 1.69. The second kappa shape index (κ2) is 7.05. The van der Waals surface area contributed by atoms with Gasteiger partial charge in [-0.15, -0.1) is 16.8 Å². The normalized spacial score (nSPS) is 10.5. The molecule has 1 aromatic heterocycles. The number of carboxylic acid groups (broad SMARTS) is 1. The molecule has 0 aliphatic carbocycles. The van der Waals surface area contributed by atoms with Crippen molar-refractivity contribution >= 4 is 23.4 Å². The van der Waals surface area contributed by atoms with E-state index in [-0.39, 0.29) is 11.4 Å². The zero-order valence-corrected chi connectivity index (χ0v) is 13.1. The predicted molar refractivity (Wildman–Crippen MR) is 85.4 cm³/mol. The molecule has 0 fully saturated rings. The van der Waals surface area contributed by atoms with Crippen LogP contribution in [-0.2, 0) is 11.3 Å². The minimum atomic E-state index is -0.962. The minimum Gasteiger partial charge on any atom is -0.481 e. The molecular weight excluding hydrogens is 320 g/mol. The Bertz CT molecular complexity index is 772. The number of aromatic nitrogens is 3. The van der Waals surface area contributed by atoms with Crippen molar-refractivity contribution < 1.29 is 14.8 Å². The number of nitrogens with zero attached hydrogens (tertiary/aromatic N) is 4. The van der Waals surface area contributed by atoms with Crippen molar-refractivity contribution in [3.63, 3.8) is 0 Å². The van der Waals surface area contributed by atoms with Gasteiger partial charge in [0.25, 0.3) is 5.69 Å². The van der Waals surface area contributed by atoms with Crippen LogP contribution in [0, 0.1) is 17.0 Å². The van der Waals surface area contributed by atoms with Crippen molar-refractivity contribution in [3.05, 3.63) is 46.5 Å². The molecule has 0 bridgehead atoms. The zero-order valence-electron chi connectivity index (χ0n) is 12.3. The molecule has 0 aliphatic rings. The number of hydrogen-bond acceptors (Lipinski definition) is 6. The number of carbonyl (C=O) groups is 1. The summed E-state index contributed by atoms with van der Waals surface area (Å²) in [6.07, 6.45) is 1.63. The van der Waals surface area contributed by atoms with Crippen LogP contribution in [0.25, 0.3) is 11.4 Å². The summed E-state index contributed by atoms with van der Waals surface area (Å²) >= 11 is 1.04. The van der Waals surface area contributed by atoms with E-state index in [1.165, 1.54) is 6.07 Å². The molecule has 9 heteroatoms. The predicted octanol–water partition coefficient (Wildman–Crippen LogP) is 2.52. The molecule has 0 unspecified atom stereocenters. The Labute approximate surface area is 136 Å². The van der Waals surface area contributed by atoms with E-state index in [4.69, 9.17) is 5.11 Å². The van der Waals surface area contributed by atoms with Crippen LogP contribution in [0.2, 0.25) is 0 Å². The van der Waals surface area contributed by atoms with Gasteiger partial charge in [0, 0.05) is 23.7 Å². The lowest BCUT2D eigenvalue weighted by atomic mass is 10.1. The maximum atomic E-state index is 11.1. The lowest BCUT2D eigenvalue weighted by Crippen LogP contribution is -2.04. The van der Waals surface area contributed by atoms with Gasteiger partial charge in [0.2, 0.25) is 0 Å². The third kappa shape index (κ3) is 3.57. The lowest BCUT2D eigenvalue weighted by molar-refractivity contribution is -0.385. The van der Waals surface area contributed by atoms with Gasteiger partial charge in [0.1, 0.15) is 0 Å². The Morgan fingerprint density at radius 2 is 2.26 bits per heavy atom. The highest BCUT2D eigenvalue weighted by atomic mass is 32.2. The van der Waals surface area contributed by atoms with Gasteiger partial charge in [-0.25, -0.2) is 0 Å². The topological polar surface area (TPSA) is 111 Å². The molecule has 0 aliphatic heterocycles. The first-order valence-corrected chi connectivity index (χ1v) is 7.57. The summed E-state index contributed by atoms with van der Waals surface area (Å²) in [5.74, 6) is -0.668. The minimum absolute atomic E-state index is 0.00427. The van der Waals surface area contributed by atoms with Crippen molar-refractivity contribution in [1.82, 2.24) is 14.8 Å². The molecule has 0 saturated heterocycles. The van der Waals surface area contributed by atoms with Crippen LogP contribution in [0.5, 0.6) is 0 Å². The Hall–Kier alpha value is -2.68. The van der Waals surface area contributed by atoms with Crippen molar-refractivity contribution in [2.45, 2.75) is 18.6 Å². The molecule has 120 valence electrons. The van der Waals surface area contributed by atoms with Crippen LogP contribution in [0.15, 0.2) is 36.0 Å². The Kier molecular flexibility index (Phi) is 5.12. The van der Waals surface area contributed by atoms with Crippen molar-refractivity contribution in [3.8, 4) is 11.4 Å². The van der Waals surface area contributed by atoms with Crippen LogP contribution in [0.3, 0.4) is 0 Å². The molecule has 2 rings (SSSR count). The summed E-state index contributed by atoms with van der Waals surface area (Å²) in [7, 11) is 0. The van der Waals surface area contributed by atoms with Gasteiger partial charge in [-0.3, -0.25) is 19.5 Å². The molecule has 8 nitrogen and oxygen atoms in total. The number of aliphatic carboxylic acids is 1. The van der Waals surface area contributed by atoms with Crippen LogP contribution in [0.4, 0.5) is 5.69 Å². The quantitative estimate of drug-likeness (QED) is 0.358. The fourth-order valence-corrected chi connectivity index (χ4v) is 2.75. The first-order chi connectivity index (χ1) is 11.0. The molecule has 0 spiro atoms. The van der Waals surface area contributed by atoms with E-state index in [0.29, 0.717) is 28.7 Å². The Balaban J connectivity index is 2.51. The lowest BCUT2D eigenvalue weighted by Gasteiger charge is -2.09. The smallest absolute Gasteiger partial charge is 0.313 e. The molecule has 1 N–H and O–H groups in total. The third-order valence-corrected chi connectivity index (χ3v) is 4.05. The fourth-order valence-electron chi connectivity index (χ4n) is 2.08. The van der Waals surface area contributed by atoms with Crippen molar-refractivity contribution in [2.75, 3.05) is 5.75 Å². The Morgan fingerprint density at radius 1 is 1.52 bits per heavy atom. The summed E-state index contributed by atoms with van der Waals surface area (Å²) in [6, 6.07) is 4.72. The SMILES string of the molecule is C=CCn1c(SCC(=O)O)nnc1-c1cccc([N+](=O)[O-])c1C. The monoisotopic (exact) mass is 334 g/mol. The molecule has 0 atom stereocenters. The van der Waals surface area contributed by atoms with Crippen LogP contribution < -0.4 is 0 Å². The Morgan fingerprint density at radius 3 is 2.87 bits per heavy atom. The largest absolute Gasteiger partial charge is 0.481 e. The number of hydrogen-bond donors (Lipinski definition) is 1. The van der Waals surface area contributed by atoms with Gasteiger partial charge in [0.15, 0.2) is 11.0 Å². The number of thioether (sulfide) groups is 1. The summed E-state index contributed by atoms with van der Waals surface area (Å²) in [5, 5.41) is 28.4. The van der Waals surface area contributed by atoms with E-state index in [1.54, 1.807) is 29.7 Å². The molecule has 0 saturated carbocycles. The second-order valence-electron chi connectivity index (χ2n) is 4.59. The van der Waals surface area contributed by atoms with Crippen molar-refractivity contribution in [2.24, 2.45) is 0 Å². The number of carboxylic acids is 1. The van der Waals surface area contributed by atoms with Gasteiger partial charge in [0.05, 0.1) is 10.7 Å². The number of nitro benzene ring substituents is 1. The number of nitro groups is 1. The standard InChI is InChI=1S/C14H14N4O4S/c1-3-7-17-13(15-16-14(17)23-8-12(19)20)10-5-4-6-11(9(10)2)18(21)22/h3-6H,1,7-8H2,2H3,(H,19,20). The van der Waals surface area contributed by atoms with E-state index in [1.807, 2.05) is 0 Å². The van der Waals surface area contributed by atoms with E-state index in [2.05, 4.69) is 16.8 Å². The third-order valence-electron chi connectivity index (χ3n) is 3.10.